The summed E-state index contributed by atoms with van der Waals surface area (Å²) in [7, 11) is -0.737. The van der Waals surface area contributed by atoms with Crippen LogP contribution in [0, 0.1) is 0 Å². The molecular weight excluding hydrogens is 238 g/mol. The van der Waals surface area contributed by atoms with Crippen LogP contribution < -0.4 is 5.32 Å². The maximum Gasteiger partial charge on any atom is 0.246 e. The van der Waals surface area contributed by atoms with E-state index in [4.69, 9.17) is 4.74 Å². The predicted molar refractivity (Wildman–Crippen MR) is 69.4 cm³/mol. The van der Waals surface area contributed by atoms with Gasteiger partial charge in [0.25, 0.3) is 0 Å². The van der Waals surface area contributed by atoms with Gasteiger partial charge in [-0.05, 0) is 26.2 Å². The molecule has 1 amide bonds. The van der Waals surface area contributed by atoms with Crippen molar-refractivity contribution in [3.8, 4) is 0 Å². The van der Waals surface area contributed by atoms with E-state index in [0.717, 1.165) is 25.7 Å². The maximum atomic E-state index is 11.7. The molecule has 5 heteroatoms. The first-order chi connectivity index (χ1) is 8.17. The lowest BCUT2D eigenvalue weighted by atomic mass is 9.95. The Labute approximate surface area is 106 Å². The van der Waals surface area contributed by atoms with E-state index in [2.05, 4.69) is 5.32 Å². The molecule has 0 saturated heterocycles. The Morgan fingerprint density at radius 2 is 2.18 bits per heavy atom. The van der Waals surface area contributed by atoms with Crippen LogP contribution >= 0.6 is 0 Å². The minimum Gasteiger partial charge on any atom is -0.372 e. The highest BCUT2D eigenvalue weighted by atomic mass is 32.2. The van der Waals surface area contributed by atoms with Crippen molar-refractivity contribution in [1.29, 1.82) is 0 Å². The van der Waals surface area contributed by atoms with Crippen LogP contribution in [0.3, 0.4) is 0 Å². The van der Waals surface area contributed by atoms with Crippen molar-refractivity contribution >= 4 is 16.7 Å². The maximum absolute atomic E-state index is 11.7. The van der Waals surface area contributed by atoms with Crippen molar-refractivity contribution in [1.82, 2.24) is 5.32 Å². The van der Waals surface area contributed by atoms with E-state index in [1.807, 2.05) is 13.8 Å². The van der Waals surface area contributed by atoms with Gasteiger partial charge in [-0.2, -0.15) is 0 Å². The second-order valence-corrected chi connectivity index (χ2v) is 6.37. The number of hydrogen-bond acceptors (Lipinski definition) is 3. The molecule has 17 heavy (non-hydrogen) atoms. The summed E-state index contributed by atoms with van der Waals surface area (Å²) in [5.74, 6) is 0.657. The Hall–Kier alpha value is -0.420. The Morgan fingerprint density at radius 1 is 1.41 bits per heavy atom. The highest BCUT2D eigenvalue weighted by Gasteiger charge is 2.26. The summed E-state index contributed by atoms with van der Waals surface area (Å²) in [6.07, 6.45) is 3.92. The zero-order valence-corrected chi connectivity index (χ0v) is 11.6. The van der Waals surface area contributed by atoms with Gasteiger partial charge in [0.1, 0.15) is 6.61 Å². The van der Waals surface area contributed by atoms with Crippen LogP contribution in [0.1, 0.15) is 39.5 Å². The molecule has 100 valence electrons. The van der Waals surface area contributed by atoms with E-state index in [1.165, 1.54) is 0 Å². The molecule has 0 aromatic rings. The molecule has 0 spiro atoms. The van der Waals surface area contributed by atoms with Gasteiger partial charge >= 0.3 is 0 Å². The smallest absolute Gasteiger partial charge is 0.246 e. The van der Waals surface area contributed by atoms with Crippen LogP contribution in [-0.2, 0) is 20.3 Å². The summed E-state index contributed by atoms with van der Waals surface area (Å²) in [5, 5.41) is 3.22. The summed E-state index contributed by atoms with van der Waals surface area (Å²) < 4.78 is 16.8. The molecule has 1 saturated carbocycles. The Kier molecular flexibility index (Phi) is 6.73. The van der Waals surface area contributed by atoms with Crippen LogP contribution in [0.25, 0.3) is 0 Å². The van der Waals surface area contributed by atoms with Crippen LogP contribution in [0.15, 0.2) is 0 Å². The molecule has 0 heterocycles. The SMILES string of the molecule is CCOCC(=O)NC1CCCC(S(=O)CC)C1. The molecule has 0 bridgehead atoms. The first-order valence-electron chi connectivity index (χ1n) is 6.41. The van der Waals surface area contributed by atoms with Gasteiger partial charge in [-0.1, -0.05) is 13.3 Å². The largest absolute Gasteiger partial charge is 0.372 e. The van der Waals surface area contributed by atoms with Gasteiger partial charge in [0.05, 0.1) is 0 Å². The highest BCUT2D eigenvalue weighted by Crippen LogP contribution is 2.22. The fraction of sp³-hybridized carbons (Fsp3) is 0.917. The van der Waals surface area contributed by atoms with Crippen molar-refractivity contribution < 1.29 is 13.7 Å². The van der Waals surface area contributed by atoms with E-state index in [-0.39, 0.29) is 23.8 Å². The summed E-state index contributed by atoms with van der Waals surface area (Å²) in [5.41, 5.74) is 0. The average molecular weight is 261 g/mol. The van der Waals surface area contributed by atoms with E-state index in [9.17, 15) is 9.00 Å². The van der Waals surface area contributed by atoms with E-state index in [1.54, 1.807) is 0 Å². The van der Waals surface area contributed by atoms with E-state index >= 15 is 0 Å². The number of rotatable bonds is 6. The lowest BCUT2D eigenvalue weighted by Gasteiger charge is -2.29. The van der Waals surface area contributed by atoms with Gasteiger partial charge < -0.3 is 10.1 Å². The number of nitrogens with one attached hydrogen (secondary N) is 1. The second kappa shape index (κ2) is 7.82. The molecule has 0 aromatic carbocycles. The third-order valence-electron chi connectivity index (χ3n) is 3.08. The lowest BCUT2D eigenvalue weighted by Crippen LogP contribution is -2.42. The topological polar surface area (TPSA) is 55.4 Å². The van der Waals surface area contributed by atoms with Crippen molar-refractivity contribution in [3.05, 3.63) is 0 Å². The van der Waals surface area contributed by atoms with Crippen molar-refractivity contribution in [2.75, 3.05) is 19.0 Å². The molecule has 1 aliphatic rings. The molecule has 1 fully saturated rings. The Bertz CT molecular complexity index is 270. The first kappa shape index (κ1) is 14.6. The quantitative estimate of drug-likeness (QED) is 0.782. The van der Waals surface area contributed by atoms with Crippen molar-refractivity contribution in [2.24, 2.45) is 0 Å². The molecule has 1 N–H and O–H groups in total. The zero-order chi connectivity index (χ0) is 12.7. The van der Waals surface area contributed by atoms with E-state index in [0.29, 0.717) is 12.4 Å². The van der Waals surface area contributed by atoms with E-state index < -0.39 is 10.8 Å². The Balaban J connectivity index is 2.34. The zero-order valence-electron chi connectivity index (χ0n) is 10.7. The number of carbonyl (C=O) groups excluding carboxylic acids is 1. The van der Waals surface area contributed by atoms with Gasteiger partial charge in [0, 0.05) is 34.5 Å². The highest BCUT2D eigenvalue weighted by molar-refractivity contribution is 7.85. The number of amides is 1. The molecule has 1 aliphatic carbocycles. The van der Waals surface area contributed by atoms with Crippen LogP contribution in [0.4, 0.5) is 0 Å². The van der Waals surface area contributed by atoms with Crippen LogP contribution in [-0.4, -0.2) is 40.4 Å². The molecule has 3 atom stereocenters. The summed E-state index contributed by atoms with van der Waals surface area (Å²) >= 11 is 0. The standard InChI is InChI=1S/C12H23NO3S/c1-3-16-9-12(14)13-10-6-5-7-11(8-10)17(15)4-2/h10-11H,3-9H2,1-2H3,(H,13,14). The minimum absolute atomic E-state index is 0.0558. The number of hydrogen-bond donors (Lipinski definition) is 1. The fourth-order valence-corrected chi connectivity index (χ4v) is 3.56. The normalized spacial score (nSPS) is 26.5. The molecule has 4 nitrogen and oxygen atoms in total. The molecule has 0 aromatic heterocycles. The third kappa shape index (κ3) is 5.17. The van der Waals surface area contributed by atoms with Gasteiger partial charge in [0.15, 0.2) is 0 Å². The average Bonchev–Trinajstić information content (AvgIpc) is 2.35. The molecular formula is C12H23NO3S. The second-order valence-electron chi connectivity index (χ2n) is 4.36. The summed E-state index contributed by atoms with van der Waals surface area (Å²) in [4.78, 5) is 11.5. The van der Waals surface area contributed by atoms with Crippen molar-refractivity contribution in [2.45, 2.75) is 50.8 Å². The minimum atomic E-state index is -0.737. The van der Waals surface area contributed by atoms with Crippen LogP contribution in [0.2, 0.25) is 0 Å². The summed E-state index contributed by atoms with van der Waals surface area (Å²) in [6.45, 7) is 4.51. The fourth-order valence-electron chi connectivity index (χ4n) is 2.21. The van der Waals surface area contributed by atoms with Gasteiger partial charge in [-0.3, -0.25) is 9.00 Å². The third-order valence-corrected chi connectivity index (χ3v) is 4.83. The molecule has 0 aliphatic heterocycles. The lowest BCUT2D eigenvalue weighted by molar-refractivity contribution is -0.126. The number of ether oxygens (including phenoxy) is 1. The van der Waals surface area contributed by atoms with Gasteiger partial charge in [-0.15, -0.1) is 0 Å². The molecule has 0 radical (unpaired) electrons. The molecule has 3 unspecified atom stereocenters. The predicted octanol–water partition coefficient (Wildman–Crippen LogP) is 1.22. The first-order valence-corrected chi connectivity index (χ1v) is 7.79. The number of carbonyl (C=O) groups is 1. The van der Waals surface area contributed by atoms with Crippen molar-refractivity contribution in [3.63, 3.8) is 0 Å². The van der Waals surface area contributed by atoms with Gasteiger partial charge in [0.2, 0.25) is 5.91 Å². The van der Waals surface area contributed by atoms with Crippen LogP contribution in [0.5, 0.6) is 0 Å². The summed E-state index contributed by atoms with van der Waals surface area (Å²) in [6, 6.07) is 0.178. The van der Waals surface area contributed by atoms with Gasteiger partial charge in [-0.25, -0.2) is 0 Å². The Morgan fingerprint density at radius 3 is 2.82 bits per heavy atom. The molecule has 1 rings (SSSR count). The monoisotopic (exact) mass is 261 g/mol.